The fourth-order valence-electron chi connectivity index (χ4n) is 1.02. The van der Waals surface area contributed by atoms with E-state index in [4.69, 9.17) is 0 Å². The second-order valence-electron chi connectivity index (χ2n) is 2.34. The molecule has 0 radical (unpaired) electrons. The van der Waals surface area contributed by atoms with Gasteiger partial charge < -0.3 is 5.21 Å². The lowest BCUT2D eigenvalue weighted by molar-refractivity contribution is 0.687. The Balaban J connectivity index is 2.43. The van der Waals surface area contributed by atoms with Crippen LogP contribution in [0.2, 0.25) is 0 Å². The Morgan fingerprint density at radius 2 is 2.00 bits per heavy atom. The summed E-state index contributed by atoms with van der Waals surface area (Å²) in [6, 6.07) is 3.73. The van der Waals surface area contributed by atoms with Crippen molar-refractivity contribution in [2.45, 2.75) is 0 Å². The van der Waals surface area contributed by atoms with E-state index < -0.39 is 4.65 Å². The SMILES string of the molecule is [O-][N+]1(c2cccs2)C=CC=C1. The van der Waals surface area contributed by atoms with Crippen molar-refractivity contribution in [2.24, 2.45) is 0 Å². The number of nitrogens with zero attached hydrogens (tertiary/aromatic N) is 1. The van der Waals surface area contributed by atoms with Gasteiger partial charge in [-0.1, -0.05) is 11.3 Å². The van der Waals surface area contributed by atoms with Gasteiger partial charge in [0.05, 0.1) is 0 Å². The Morgan fingerprint density at radius 1 is 1.27 bits per heavy atom. The summed E-state index contributed by atoms with van der Waals surface area (Å²) < 4.78 is -0.433. The van der Waals surface area contributed by atoms with Crippen LogP contribution in [0.15, 0.2) is 42.1 Å². The maximum Gasteiger partial charge on any atom is 0.197 e. The quantitative estimate of drug-likeness (QED) is 0.463. The van der Waals surface area contributed by atoms with Crippen molar-refractivity contribution in [1.82, 2.24) is 4.65 Å². The van der Waals surface area contributed by atoms with Crippen molar-refractivity contribution in [3.05, 3.63) is 47.3 Å². The average molecular weight is 165 g/mol. The molecule has 3 heteroatoms. The van der Waals surface area contributed by atoms with Gasteiger partial charge in [-0.15, -0.1) is 0 Å². The lowest BCUT2D eigenvalue weighted by Crippen LogP contribution is -2.26. The number of rotatable bonds is 1. The van der Waals surface area contributed by atoms with Crippen molar-refractivity contribution in [1.29, 1.82) is 0 Å². The summed E-state index contributed by atoms with van der Waals surface area (Å²) in [4.78, 5) is 0. The molecule has 0 saturated carbocycles. The van der Waals surface area contributed by atoms with Crippen LogP contribution >= 0.6 is 11.3 Å². The van der Waals surface area contributed by atoms with Gasteiger partial charge >= 0.3 is 0 Å². The summed E-state index contributed by atoms with van der Waals surface area (Å²) in [6.07, 6.45) is 6.77. The molecule has 2 heterocycles. The van der Waals surface area contributed by atoms with Gasteiger partial charge in [0, 0.05) is 6.07 Å². The third-order valence-corrected chi connectivity index (χ3v) is 2.53. The van der Waals surface area contributed by atoms with Gasteiger partial charge in [0.2, 0.25) is 0 Å². The Labute approximate surface area is 68.9 Å². The van der Waals surface area contributed by atoms with Crippen LogP contribution in [-0.2, 0) is 0 Å². The molecule has 0 bridgehead atoms. The van der Waals surface area contributed by atoms with Crippen molar-refractivity contribution < 1.29 is 0 Å². The smallest absolute Gasteiger partial charge is 0.197 e. The van der Waals surface area contributed by atoms with Crippen LogP contribution in [0.4, 0.5) is 5.00 Å². The first-order valence-electron chi connectivity index (χ1n) is 3.32. The first-order chi connectivity index (χ1) is 5.31. The molecule has 1 aromatic rings. The third-order valence-electron chi connectivity index (χ3n) is 1.58. The molecular formula is C8H7NOS. The number of quaternary nitrogens is 1. The summed E-state index contributed by atoms with van der Waals surface area (Å²) in [6.45, 7) is 0. The standard InChI is InChI=1S/C8H7NOS/c10-9(5-1-2-6-9)8-4-3-7-11-8/h1-7H. The minimum Gasteiger partial charge on any atom is -0.617 e. The molecule has 11 heavy (non-hydrogen) atoms. The highest BCUT2D eigenvalue weighted by Gasteiger charge is 2.17. The van der Waals surface area contributed by atoms with Gasteiger partial charge in [-0.25, -0.2) is 0 Å². The van der Waals surface area contributed by atoms with Gasteiger partial charge in [0.1, 0.15) is 12.4 Å². The molecule has 0 unspecified atom stereocenters. The second kappa shape index (κ2) is 2.30. The van der Waals surface area contributed by atoms with E-state index in [1.165, 1.54) is 11.3 Å². The van der Waals surface area contributed by atoms with Gasteiger partial charge in [0.15, 0.2) is 5.00 Å². The Morgan fingerprint density at radius 3 is 2.55 bits per heavy atom. The maximum absolute atomic E-state index is 11.7. The van der Waals surface area contributed by atoms with Crippen LogP contribution in [-0.4, -0.2) is 0 Å². The maximum atomic E-state index is 11.7. The number of hydroxylamine groups is 2. The summed E-state index contributed by atoms with van der Waals surface area (Å²) in [5.41, 5.74) is 0. The van der Waals surface area contributed by atoms with Crippen LogP contribution in [0, 0.1) is 5.21 Å². The van der Waals surface area contributed by atoms with Crippen LogP contribution < -0.4 is 4.65 Å². The average Bonchev–Trinajstić information content (AvgIpc) is 2.55. The molecule has 1 aliphatic rings. The van der Waals surface area contributed by atoms with Crippen LogP contribution in [0.1, 0.15) is 0 Å². The summed E-state index contributed by atoms with van der Waals surface area (Å²) in [7, 11) is 0. The van der Waals surface area contributed by atoms with Crippen LogP contribution in [0.5, 0.6) is 0 Å². The van der Waals surface area contributed by atoms with Crippen LogP contribution in [0.3, 0.4) is 0 Å². The highest BCUT2D eigenvalue weighted by atomic mass is 32.1. The van der Waals surface area contributed by atoms with Crippen molar-refractivity contribution in [2.75, 3.05) is 0 Å². The first-order valence-corrected chi connectivity index (χ1v) is 4.20. The van der Waals surface area contributed by atoms with Gasteiger partial charge in [0.25, 0.3) is 0 Å². The number of thiophene rings is 1. The van der Waals surface area contributed by atoms with E-state index in [0.29, 0.717) is 0 Å². The fourth-order valence-corrected chi connectivity index (χ4v) is 1.76. The molecular weight excluding hydrogens is 158 g/mol. The van der Waals surface area contributed by atoms with E-state index in [0.717, 1.165) is 5.00 Å². The summed E-state index contributed by atoms with van der Waals surface area (Å²) in [5.74, 6) is 0. The number of allylic oxidation sites excluding steroid dienone is 2. The predicted molar refractivity (Wildman–Crippen MR) is 47.8 cm³/mol. The molecule has 1 aliphatic heterocycles. The summed E-state index contributed by atoms with van der Waals surface area (Å²) >= 11 is 1.48. The fraction of sp³-hybridized carbons (Fsp3) is 0. The second-order valence-corrected chi connectivity index (χ2v) is 3.27. The molecule has 1 aromatic heterocycles. The van der Waals surface area contributed by atoms with Gasteiger partial charge in [-0.2, -0.15) is 0 Å². The minimum absolute atomic E-state index is 0.433. The topological polar surface area (TPSA) is 23.1 Å². The van der Waals surface area contributed by atoms with E-state index in [1.54, 1.807) is 24.6 Å². The largest absolute Gasteiger partial charge is 0.617 e. The highest BCUT2D eigenvalue weighted by molar-refractivity contribution is 7.14. The highest BCUT2D eigenvalue weighted by Crippen LogP contribution is 2.30. The molecule has 0 atom stereocenters. The number of hydrogen-bond donors (Lipinski definition) is 0. The van der Waals surface area contributed by atoms with Gasteiger partial charge in [-0.3, -0.25) is 4.65 Å². The normalized spacial score (nSPS) is 19.4. The molecule has 0 aromatic carbocycles. The van der Waals surface area contributed by atoms with Crippen molar-refractivity contribution in [3.8, 4) is 0 Å². The number of hydrogen-bond acceptors (Lipinski definition) is 2. The zero-order valence-corrected chi connectivity index (χ0v) is 6.62. The Hall–Kier alpha value is -0.900. The van der Waals surface area contributed by atoms with Gasteiger partial charge in [-0.05, 0) is 23.6 Å². The van der Waals surface area contributed by atoms with E-state index in [9.17, 15) is 5.21 Å². The van der Waals surface area contributed by atoms with Crippen molar-refractivity contribution in [3.63, 3.8) is 0 Å². The minimum atomic E-state index is -0.433. The molecule has 0 saturated heterocycles. The lowest BCUT2D eigenvalue weighted by atomic mass is 10.6. The summed E-state index contributed by atoms with van der Waals surface area (Å²) in [5, 5.41) is 14.4. The predicted octanol–water partition coefficient (Wildman–Crippen LogP) is 2.59. The molecule has 0 aliphatic carbocycles. The van der Waals surface area contributed by atoms with E-state index in [-0.39, 0.29) is 0 Å². The zero-order chi connectivity index (χ0) is 7.73. The lowest BCUT2D eigenvalue weighted by Gasteiger charge is -2.29. The zero-order valence-electron chi connectivity index (χ0n) is 5.81. The third kappa shape index (κ3) is 1.03. The molecule has 2 rings (SSSR count). The van der Waals surface area contributed by atoms with E-state index in [2.05, 4.69) is 0 Å². The Kier molecular flexibility index (Phi) is 1.42. The van der Waals surface area contributed by atoms with E-state index in [1.807, 2.05) is 17.5 Å². The van der Waals surface area contributed by atoms with E-state index >= 15 is 0 Å². The van der Waals surface area contributed by atoms with Crippen molar-refractivity contribution >= 4 is 16.3 Å². The first kappa shape index (κ1) is 6.79. The molecule has 2 nitrogen and oxygen atoms in total. The molecule has 0 amide bonds. The molecule has 0 spiro atoms. The molecule has 56 valence electrons. The Bertz CT molecular complexity index is 288. The monoisotopic (exact) mass is 165 g/mol. The molecule has 0 N–H and O–H groups in total. The van der Waals surface area contributed by atoms with Crippen LogP contribution in [0.25, 0.3) is 0 Å². The molecule has 0 fully saturated rings.